The van der Waals surface area contributed by atoms with Gasteiger partial charge in [-0.1, -0.05) is 54.6 Å². The number of anilines is 1. The fourth-order valence-corrected chi connectivity index (χ4v) is 2.23. The van der Waals surface area contributed by atoms with Gasteiger partial charge in [0, 0.05) is 5.69 Å². The van der Waals surface area contributed by atoms with Crippen LogP contribution in [0.2, 0.25) is 0 Å². The minimum Gasteiger partial charge on any atom is -0.334 e. The number of para-hydroxylation sites is 3. The van der Waals surface area contributed by atoms with E-state index in [9.17, 15) is 10.1 Å². The van der Waals surface area contributed by atoms with Gasteiger partial charge in [-0.15, -0.1) is 0 Å². The molecule has 0 atom stereocenters. The fraction of sp³-hybridized carbons (Fsp3) is 0. The Morgan fingerprint density at radius 2 is 1.33 bits per heavy atom. The molecule has 27 heavy (non-hydrogen) atoms. The Hall–Kier alpha value is -4.02. The summed E-state index contributed by atoms with van der Waals surface area (Å²) in [5, 5.41) is 14.7. The Kier molecular flexibility index (Phi) is 5.86. The van der Waals surface area contributed by atoms with Crippen LogP contribution in [0.3, 0.4) is 0 Å². The van der Waals surface area contributed by atoms with Crippen LogP contribution in [0.25, 0.3) is 0 Å². The highest BCUT2D eigenvalue weighted by Gasteiger charge is 2.20. The molecule has 6 heteroatoms. The zero-order chi connectivity index (χ0) is 18.9. The van der Waals surface area contributed by atoms with Crippen molar-refractivity contribution in [1.29, 1.82) is 0 Å². The van der Waals surface area contributed by atoms with Gasteiger partial charge in [-0.3, -0.25) is 10.1 Å². The average molecular weight is 356 g/mol. The third kappa shape index (κ3) is 5.22. The van der Waals surface area contributed by atoms with Crippen LogP contribution in [-0.4, -0.2) is 16.6 Å². The van der Waals surface area contributed by atoms with Gasteiger partial charge < -0.3 is 5.32 Å². The van der Waals surface area contributed by atoms with E-state index in [0.29, 0.717) is 17.1 Å². The van der Waals surface area contributed by atoms with Crippen LogP contribution in [0, 0.1) is 10.1 Å². The minimum absolute atomic E-state index is 0.0529. The molecule has 0 fully saturated rings. The van der Waals surface area contributed by atoms with Crippen molar-refractivity contribution < 1.29 is 4.92 Å². The summed E-state index contributed by atoms with van der Waals surface area (Å²) >= 11 is 0. The summed E-state index contributed by atoms with van der Waals surface area (Å²) in [7, 11) is 0. The molecule has 0 aromatic heterocycles. The van der Waals surface area contributed by atoms with Crippen molar-refractivity contribution in [3.63, 3.8) is 0 Å². The van der Waals surface area contributed by atoms with Gasteiger partial charge in [-0.2, -0.15) is 4.99 Å². The molecule has 6 nitrogen and oxygen atoms in total. The summed E-state index contributed by atoms with van der Waals surface area (Å²) in [6.45, 7) is 0. The average Bonchev–Trinajstić information content (AvgIpc) is 2.70. The topological polar surface area (TPSA) is 79.9 Å². The van der Waals surface area contributed by atoms with Crippen LogP contribution in [0.1, 0.15) is 0 Å². The van der Waals surface area contributed by atoms with Gasteiger partial charge in [0.05, 0.1) is 22.2 Å². The molecule has 3 rings (SSSR count). The monoisotopic (exact) mass is 356 g/mol. The Labute approximate surface area is 156 Å². The standard InChI is InChI=1S/C21H16N4O2/c26-25(27)20(16-22-17-10-4-1-5-11-17)21(23-18-12-6-2-7-13-18)24-19-14-8-3-9-15-19/h1-15H,(H,23,24). The summed E-state index contributed by atoms with van der Waals surface area (Å²) in [5.41, 5.74) is 1.46. The summed E-state index contributed by atoms with van der Waals surface area (Å²) in [6, 6.07) is 27.0. The van der Waals surface area contributed by atoms with Gasteiger partial charge in [0.2, 0.25) is 5.84 Å². The number of nitrogens with one attached hydrogen (secondary N) is 1. The third-order valence-electron chi connectivity index (χ3n) is 3.49. The van der Waals surface area contributed by atoms with Crippen molar-refractivity contribution in [2.24, 2.45) is 9.98 Å². The van der Waals surface area contributed by atoms with Crippen molar-refractivity contribution in [1.82, 2.24) is 0 Å². The molecule has 0 aliphatic rings. The van der Waals surface area contributed by atoms with Crippen molar-refractivity contribution in [3.8, 4) is 0 Å². The van der Waals surface area contributed by atoms with Gasteiger partial charge in [0.25, 0.3) is 0 Å². The molecule has 3 aromatic rings. The molecule has 0 aliphatic carbocycles. The molecule has 132 valence electrons. The fourth-order valence-electron chi connectivity index (χ4n) is 2.23. The van der Waals surface area contributed by atoms with Crippen molar-refractivity contribution in [2.75, 3.05) is 5.32 Å². The van der Waals surface area contributed by atoms with E-state index in [1.165, 1.54) is 0 Å². The molecule has 0 radical (unpaired) electrons. The lowest BCUT2D eigenvalue weighted by Gasteiger charge is -2.06. The second-order valence-corrected chi connectivity index (χ2v) is 5.45. The van der Waals surface area contributed by atoms with E-state index in [1.807, 2.05) is 42.5 Å². The first-order valence-corrected chi connectivity index (χ1v) is 8.22. The number of benzene rings is 3. The van der Waals surface area contributed by atoms with Crippen LogP contribution < -0.4 is 5.32 Å². The third-order valence-corrected chi connectivity index (χ3v) is 3.49. The Balaban J connectivity index is 2.07. The van der Waals surface area contributed by atoms with Crippen LogP contribution in [0.15, 0.2) is 107 Å². The van der Waals surface area contributed by atoms with E-state index >= 15 is 0 Å². The molecule has 0 aliphatic heterocycles. The van der Waals surface area contributed by atoms with Crippen LogP contribution >= 0.6 is 0 Å². The summed E-state index contributed by atoms with van der Waals surface area (Å²) < 4.78 is 0. The van der Waals surface area contributed by atoms with Gasteiger partial charge in [0.1, 0.15) is 0 Å². The molecule has 0 saturated carbocycles. The number of aliphatic imine (C=N–C) groups is 2. The van der Waals surface area contributed by atoms with Crippen molar-refractivity contribution in [2.45, 2.75) is 0 Å². The Morgan fingerprint density at radius 1 is 0.815 bits per heavy atom. The zero-order valence-electron chi connectivity index (χ0n) is 14.3. The molecule has 1 N–H and O–H groups in total. The summed E-state index contributed by atoms with van der Waals surface area (Å²) in [4.78, 5) is 19.6. The number of hydrogen-bond acceptors (Lipinski definition) is 4. The highest BCUT2D eigenvalue weighted by molar-refractivity contribution is 6.12. The Bertz CT molecular complexity index is 994. The van der Waals surface area contributed by atoms with Crippen molar-refractivity contribution >= 4 is 28.8 Å². The second-order valence-electron chi connectivity index (χ2n) is 5.45. The van der Waals surface area contributed by atoms with Gasteiger partial charge in [-0.05, 0) is 36.4 Å². The molecule has 0 spiro atoms. The SMILES string of the molecule is O=[N+]([O-])C(=C=Nc1ccccc1)C(=Nc1ccccc1)Nc1ccccc1. The van der Waals surface area contributed by atoms with Crippen LogP contribution in [0.5, 0.6) is 0 Å². The van der Waals surface area contributed by atoms with E-state index in [2.05, 4.69) is 21.2 Å². The van der Waals surface area contributed by atoms with E-state index in [4.69, 9.17) is 0 Å². The first-order valence-electron chi connectivity index (χ1n) is 8.22. The molecular formula is C21H16N4O2. The molecule has 0 amide bonds. The Morgan fingerprint density at radius 3 is 1.89 bits per heavy atom. The number of amidine groups is 1. The van der Waals surface area contributed by atoms with Crippen molar-refractivity contribution in [3.05, 3.63) is 107 Å². The maximum atomic E-state index is 11.7. The highest BCUT2D eigenvalue weighted by atomic mass is 16.6. The van der Waals surface area contributed by atoms with E-state index in [1.54, 1.807) is 48.5 Å². The summed E-state index contributed by atoms with van der Waals surface area (Å²) in [5.74, 6) is 2.58. The van der Waals surface area contributed by atoms with E-state index < -0.39 is 4.92 Å². The van der Waals surface area contributed by atoms with Gasteiger partial charge in [-0.25, -0.2) is 4.99 Å². The molecule has 0 heterocycles. The highest BCUT2D eigenvalue weighted by Crippen LogP contribution is 2.15. The lowest BCUT2D eigenvalue weighted by atomic mass is 10.3. The van der Waals surface area contributed by atoms with Gasteiger partial charge in [0.15, 0.2) is 0 Å². The maximum absolute atomic E-state index is 11.7. The quantitative estimate of drug-likeness (QED) is 0.303. The number of nitro groups is 1. The maximum Gasteiger partial charge on any atom is 0.372 e. The first-order chi connectivity index (χ1) is 13.2. The lowest BCUT2D eigenvalue weighted by molar-refractivity contribution is -0.412. The van der Waals surface area contributed by atoms with Crippen LogP contribution in [0.4, 0.5) is 17.1 Å². The minimum atomic E-state index is -0.551. The number of hydrogen-bond donors (Lipinski definition) is 1. The molecule has 0 saturated heterocycles. The van der Waals surface area contributed by atoms with Crippen LogP contribution in [-0.2, 0) is 0 Å². The molecule has 3 aromatic carbocycles. The number of nitrogens with zero attached hydrogens (tertiary/aromatic N) is 3. The largest absolute Gasteiger partial charge is 0.372 e. The normalized spacial score (nSPS) is 10.6. The summed E-state index contributed by atoms with van der Waals surface area (Å²) in [6.07, 6.45) is 0. The smallest absolute Gasteiger partial charge is 0.334 e. The van der Waals surface area contributed by atoms with E-state index in [0.717, 1.165) is 0 Å². The number of rotatable bonds is 5. The molecule has 0 unspecified atom stereocenters. The zero-order valence-corrected chi connectivity index (χ0v) is 14.3. The molecular weight excluding hydrogens is 340 g/mol. The second kappa shape index (κ2) is 8.89. The predicted molar refractivity (Wildman–Crippen MR) is 108 cm³/mol. The van der Waals surface area contributed by atoms with E-state index in [-0.39, 0.29) is 11.5 Å². The first kappa shape index (κ1) is 17.8. The molecule has 0 bridgehead atoms. The predicted octanol–water partition coefficient (Wildman–Crippen LogP) is 4.99. The lowest BCUT2D eigenvalue weighted by Crippen LogP contribution is -2.20. The van der Waals surface area contributed by atoms with Gasteiger partial charge >= 0.3 is 5.70 Å².